The molecule has 0 N–H and O–H groups in total. The molecule has 1 fully saturated rings. The number of fused-ring (bicyclic) bond motifs is 1. The van der Waals surface area contributed by atoms with Crippen LogP contribution in [0.1, 0.15) is 29.6 Å². The summed E-state index contributed by atoms with van der Waals surface area (Å²) in [5.74, 6) is 0. The highest BCUT2D eigenvalue weighted by molar-refractivity contribution is 7.16. The standard InChI is InChI=1S/C9H11N3OS/c1-6-11-12-5-7(10-9(12)14-6)8-3-2-4-13-8/h5,8H,2-4H2,1H3. The Morgan fingerprint density at radius 3 is 3.29 bits per heavy atom. The van der Waals surface area contributed by atoms with Crippen LogP contribution in [0.3, 0.4) is 0 Å². The topological polar surface area (TPSA) is 39.4 Å². The normalized spacial score (nSPS) is 22.2. The van der Waals surface area contributed by atoms with Gasteiger partial charge in [-0.25, -0.2) is 9.50 Å². The van der Waals surface area contributed by atoms with Crippen molar-refractivity contribution < 1.29 is 4.74 Å². The molecule has 0 aromatic carbocycles. The highest BCUT2D eigenvalue weighted by atomic mass is 32.1. The van der Waals surface area contributed by atoms with Gasteiger partial charge in [-0.2, -0.15) is 5.10 Å². The van der Waals surface area contributed by atoms with Crippen LogP contribution in [0.4, 0.5) is 0 Å². The largest absolute Gasteiger partial charge is 0.372 e. The van der Waals surface area contributed by atoms with Crippen LogP contribution in [0.5, 0.6) is 0 Å². The Hall–Kier alpha value is -0.940. The van der Waals surface area contributed by atoms with Gasteiger partial charge in [-0.1, -0.05) is 11.3 Å². The van der Waals surface area contributed by atoms with Gasteiger partial charge in [-0.3, -0.25) is 0 Å². The molecule has 3 heterocycles. The van der Waals surface area contributed by atoms with E-state index in [4.69, 9.17) is 4.74 Å². The Morgan fingerprint density at radius 1 is 1.64 bits per heavy atom. The van der Waals surface area contributed by atoms with E-state index in [-0.39, 0.29) is 6.10 Å². The Bertz CT molecular complexity index is 424. The number of ether oxygens (including phenoxy) is 1. The van der Waals surface area contributed by atoms with Gasteiger partial charge in [0.1, 0.15) is 11.1 Å². The molecule has 14 heavy (non-hydrogen) atoms. The van der Waals surface area contributed by atoms with Crippen molar-refractivity contribution in [3.63, 3.8) is 0 Å². The zero-order valence-electron chi connectivity index (χ0n) is 7.93. The minimum Gasteiger partial charge on any atom is -0.372 e. The second-order valence-electron chi connectivity index (χ2n) is 3.52. The molecule has 0 bridgehead atoms. The molecule has 1 atom stereocenters. The summed E-state index contributed by atoms with van der Waals surface area (Å²) in [7, 11) is 0. The summed E-state index contributed by atoms with van der Waals surface area (Å²) in [4.78, 5) is 5.48. The first-order valence-electron chi connectivity index (χ1n) is 4.77. The Labute approximate surface area is 85.5 Å². The molecule has 0 spiro atoms. The summed E-state index contributed by atoms with van der Waals surface area (Å²) in [6.07, 6.45) is 4.41. The number of hydrogen-bond donors (Lipinski definition) is 0. The highest BCUT2D eigenvalue weighted by Crippen LogP contribution is 2.28. The maximum atomic E-state index is 5.57. The summed E-state index contributed by atoms with van der Waals surface area (Å²) in [6, 6.07) is 0. The van der Waals surface area contributed by atoms with Gasteiger partial charge in [0.05, 0.1) is 11.9 Å². The molecule has 2 aromatic heterocycles. The van der Waals surface area contributed by atoms with E-state index >= 15 is 0 Å². The molecule has 2 aromatic rings. The lowest BCUT2D eigenvalue weighted by atomic mass is 10.2. The third-order valence-corrected chi connectivity index (χ3v) is 3.26. The lowest BCUT2D eigenvalue weighted by molar-refractivity contribution is 0.109. The van der Waals surface area contributed by atoms with E-state index in [1.165, 1.54) is 0 Å². The van der Waals surface area contributed by atoms with Gasteiger partial charge in [0, 0.05) is 6.61 Å². The van der Waals surface area contributed by atoms with E-state index in [2.05, 4.69) is 10.1 Å². The summed E-state index contributed by atoms with van der Waals surface area (Å²) < 4.78 is 7.41. The highest BCUT2D eigenvalue weighted by Gasteiger charge is 2.21. The van der Waals surface area contributed by atoms with Crippen LogP contribution < -0.4 is 0 Å². The molecule has 3 rings (SSSR count). The molecule has 5 heteroatoms. The fourth-order valence-electron chi connectivity index (χ4n) is 1.78. The van der Waals surface area contributed by atoms with Gasteiger partial charge in [0.15, 0.2) is 0 Å². The van der Waals surface area contributed by atoms with E-state index in [1.807, 2.05) is 17.6 Å². The molecule has 1 saturated heterocycles. The van der Waals surface area contributed by atoms with Crippen molar-refractivity contribution in [2.75, 3.05) is 6.61 Å². The number of aromatic nitrogens is 3. The fraction of sp³-hybridized carbons (Fsp3) is 0.556. The number of aryl methyl sites for hydroxylation is 1. The SMILES string of the molecule is Cc1nn2cc(C3CCCO3)nc2s1. The zero-order chi connectivity index (χ0) is 9.54. The van der Waals surface area contributed by atoms with Crippen molar-refractivity contribution in [3.8, 4) is 0 Å². The van der Waals surface area contributed by atoms with E-state index in [0.717, 1.165) is 35.1 Å². The van der Waals surface area contributed by atoms with Crippen molar-refractivity contribution in [2.45, 2.75) is 25.9 Å². The first-order valence-corrected chi connectivity index (χ1v) is 5.59. The van der Waals surface area contributed by atoms with Crippen LogP contribution in [-0.2, 0) is 4.74 Å². The average molecular weight is 209 g/mol. The van der Waals surface area contributed by atoms with E-state index in [9.17, 15) is 0 Å². The second-order valence-corrected chi connectivity index (χ2v) is 4.68. The quantitative estimate of drug-likeness (QED) is 0.720. The minimum atomic E-state index is 0.198. The van der Waals surface area contributed by atoms with E-state index in [0.29, 0.717) is 0 Å². The Kier molecular flexibility index (Phi) is 1.81. The van der Waals surface area contributed by atoms with E-state index < -0.39 is 0 Å². The first-order chi connectivity index (χ1) is 6.83. The second kappa shape index (κ2) is 3.03. The molecular formula is C9H11N3OS. The number of rotatable bonds is 1. The fourth-order valence-corrected chi connectivity index (χ4v) is 2.51. The Balaban J connectivity index is 2.01. The molecule has 0 amide bonds. The average Bonchev–Trinajstić information content (AvgIpc) is 2.74. The van der Waals surface area contributed by atoms with Gasteiger partial charge >= 0.3 is 0 Å². The monoisotopic (exact) mass is 209 g/mol. The third-order valence-electron chi connectivity index (χ3n) is 2.42. The van der Waals surface area contributed by atoms with Crippen LogP contribution in [0.25, 0.3) is 4.96 Å². The van der Waals surface area contributed by atoms with Gasteiger partial charge in [0.2, 0.25) is 4.96 Å². The van der Waals surface area contributed by atoms with Crippen LogP contribution in [-0.4, -0.2) is 21.2 Å². The van der Waals surface area contributed by atoms with Gasteiger partial charge in [-0.15, -0.1) is 0 Å². The van der Waals surface area contributed by atoms with Gasteiger partial charge in [-0.05, 0) is 19.8 Å². The molecular weight excluding hydrogens is 198 g/mol. The van der Waals surface area contributed by atoms with Crippen molar-refractivity contribution in [3.05, 3.63) is 16.9 Å². The predicted octanol–water partition coefficient (Wildman–Crippen LogP) is 1.95. The molecule has 1 aliphatic rings. The molecule has 0 radical (unpaired) electrons. The molecule has 1 unspecified atom stereocenters. The summed E-state index contributed by atoms with van der Waals surface area (Å²) in [5.41, 5.74) is 1.03. The molecule has 74 valence electrons. The first kappa shape index (κ1) is 8.38. The van der Waals surface area contributed by atoms with Crippen molar-refractivity contribution >= 4 is 16.3 Å². The van der Waals surface area contributed by atoms with Crippen LogP contribution in [0.2, 0.25) is 0 Å². The molecule has 4 nitrogen and oxygen atoms in total. The zero-order valence-corrected chi connectivity index (χ0v) is 8.75. The molecule has 0 aliphatic carbocycles. The summed E-state index contributed by atoms with van der Waals surface area (Å²) in [6.45, 7) is 2.85. The van der Waals surface area contributed by atoms with Crippen LogP contribution >= 0.6 is 11.3 Å². The number of nitrogens with zero attached hydrogens (tertiary/aromatic N) is 3. The Morgan fingerprint density at radius 2 is 2.57 bits per heavy atom. The summed E-state index contributed by atoms with van der Waals surface area (Å²) in [5, 5.41) is 5.37. The van der Waals surface area contributed by atoms with E-state index in [1.54, 1.807) is 11.3 Å². The molecule has 1 aliphatic heterocycles. The van der Waals surface area contributed by atoms with Crippen LogP contribution in [0.15, 0.2) is 6.20 Å². The molecule has 0 saturated carbocycles. The van der Waals surface area contributed by atoms with Crippen molar-refractivity contribution in [1.29, 1.82) is 0 Å². The maximum Gasteiger partial charge on any atom is 0.212 e. The van der Waals surface area contributed by atoms with Crippen molar-refractivity contribution in [1.82, 2.24) is 14.6 Å². The van der Waals surface area contributed by atoms with Crippen molar-refractivity contribution in [2.24, 2.45) is 0 Å². The number of imidazole rings is 1. The number of hydrogen-bond acceptors (Lipinski definition) is 4. The summed E-state index contributed by atoms with van der Waals surface area (Å²) >= 11 is 1.62. The van der Waals surface area contributed by atoms with Gasteiger partial charge < -0.3 is 4.74 Å². The minimum absolute atomic E-state index is 0.198. The lowest BCUT2D eigenvalue weighted by Gasteiger charge is -2.03. The predicted molar refractivity (Wildman–Crippen MR) is 53.5 cm³/mol. The van der Waals surface area contributed by atoms with Gasteiger partial charge in [0.25, 0.3) is 0 Å². The maximum absolute atomic E-state index is 5.57. The lowest BCUT2D eigenvalue weighted by Crippen LogP contribution is -1.95. The smallest absolute Gasteiger partial charge is 0.212 e. The van der Waals surface area contributed by atoms with Crippen LogP contribution in [0, 0.1) is 6.92 Å². The third kappa shape index (κ3) is 1.24.